The lowest BCUT2D eigenvalue weighted by Crippen LogP contribution is -2.37. The minimum Gasteiger partial charge on any atom is -0.372 e. The molecule has 2 heterocycles. The number of rotatable bonds is 5. The van der Waals surface area contributed by atoms with Gasteiger partial charge in [0.2, 0.25) is 0 Å². The molecule has 1 aromatic heterocycles. The third-order valence-corrected chi connectivity index (χ3v) is 4.20. The van der Waals surface area contributed by atoms with E-state index in [2.05, 4.69) is 24.3 Å². The number of nitrogens with zero attached hydrogens (tertiary/aromatic N) is 3. The van der Waals surface area contributed by atoms with Gasteiger partial charge in [-0.25, -0.2) is 4.68 Å². The summed E-state index contributed by atoms with van der Waals surface area (Å²) in [5, 5.41) is 7.94. The molecule has 5 nitrogen and oxygen atoms in total. The van der Waals surface area contributed by atoms with Crippen molar-refractivity contribution in [3.05, 3.63) is 21.6 Å². The SMILES string of the molecule is CC(C)Cn1ncc(N(C)CC2CCCNC2)c(Cl)c1=O. The number of hydrogen-bond donors (Lipinski definition) is 1. The molecule has 1 aliphatic heterocycles. The van der Waals surface area contributed by atoms with Crippen LogP contribution in [0.25, 0.3) is 0 Å². The quantitative estimate of drug-likeness (QED) is 0.903. The summed E-state index contributed by atoms with van der Waals surface area (Å²) in [5.74, 6) is 0.959. The fraction of sp³-hybridized carbons (Fsp3) is 0.733. The van der Waals surface area contributed by atoms with Gasteiger partial charge in [-0.2, -0.15) is 5.10 Å². The zero-order valence-electron chi connectivity index (χ0n) is 13.1. The molecule has 0 radical (unpaired) electrons. The van der Waals surface area contributed by atoms with Crippen LogP contribution in [0.3, 0.4) is 0 Å². The van der Waals surface area contributed by atoms with Gasteiger partial charge in [0, 0.05) is 20.1 Å². The van der Waals surface area contributed by atoms with Crippen LogP contribution >= 0.6 is 11.6 Å². The summed E-state index contributed by atoms with van der Waals surface area (Å²) in [7, 11) is 1.98. The molecule has 21 heavy (non-hydrogen) atoms. The first-order chi connectivity index (χ1) is 9.99. The van der Waals surface area contributed by atoms with Crippen LogP contribution < -0.4 is 15.8 Å². The van der Waals surface area contributed by atoms with Crippen LogP contribution in [0.5, 0.6) is 0 Å². The van der Waals surface area contributed by atoms with Gasteiger partial charge in [-0.1, -0.05) is 25.4 Å². The Morgan fingerprint density at radius 1 is 1.57 bits per heavy atom. The van der Waals surface area contributed by atoms with Gasteiger partial charge < -0.3 is 10.2 Å². The van der Waals surface area contributed by atoms with E-state index in [1.165, 1.54) is 17.5 Å². The average Bonchev–Trinajstić information content (AvgIpc) is 2.44. The molecular formula is C15H25ClN4O. The van der Waals surface area contributed by atoms with Crippen LogP contribution in [0, 0.1) is 11.8 Å². The van der Waals surface area contributed by atoms with Crippen LogP contribution in [0.15, 0.2) is 11.0 Å². The maximum atomic E-state index is 12.3. The maximum Gasteiger partial charge on any atom is 0.287 e. The summed E-state index contributed by atoms with van der Waals surface area (Å²) in [6.45, 7) is 7.72. The number of hydrogen-bond acceptors (Lipinski definition) is 4. The Labute approximate surface area is 131 Å². The minimum atomic E-state index is -0.198. The molecule has 1 aromatic rings. The van der Waals surface area contributed by atoms with Crippen molar-refractivity contribution in [2.24, 2.45) is 11.8 Å². The van der Waals surface area contributed by atoms with Crippen molar-refractivity contribution in [3.63, 3.8) is 0 Å². The summed E-state index contributed by atoms with van der Waals surface area (Å²) in [5.41, 5.74) is 0.531. The van der Waals surface area contributed by atoms with Crippen molar-refractivity contribution < 1.29 is 0 Å². The van der Waals surface area contributed by atoms with Gasteiger partial charge in [-0.15, -0.1) is 0 Å². The highest BCUT2D eigenvalue weighted by molar-refractivity contribution is 6.33. The van der Waals surface area contributed by atoms with Crippen LogP contribution in [-0.2, 0) is 6.54 Å². The second-order valence-corrected chi connectivity index (χ2v) is 6.70. The molecule has 1 fully saturated rings. The molecule has 6 heteroatoms. The fourth-order valence-corrected chi connectivity index (χ4v) is 3.05. The lowest BCUT2D eigenvalue weighted by molar-refractivity contribution is 0.381. The van der Waals surface area contributed by atoms with Gasteiger partial charge in [0.25, 0.3) is 5.56 Å². The Morgan fingerprint density at radius 2 is 2.33 bits per heavy atom. The van der Waals surface area contributed by atoms with Crippen molar-refractivity contribution in [2.45, 2.75) is 33.2 Å². The van der Waals surface area contributed by atoms with Gasteiger partial charge in [0.1, 0.15) is 5.02 Å². The fourth-order valence-electron chi connectivity index (χ4n) is 2.76. The second kappa shape index (κ2) is 7.27. The van der Waals surface area contributed by atoms with E-state index >= 15 is 0 Å². The summed E-state index contributed by atoms with van der Waals surface area (Å²) in [6, 6.07) is 0. The average molecular weight is 313 g/mol. The van der Waals surface area contributed by atoms with E-state index in [9.17, 15) is 4.79 Å². The van der Waals surface area contributed by atoms with Crippen LogP contribution in [-0.4, -0.2) is 36.5 Å². The van der Waals surface area contributed by atoms with Crippen molar-refractivity contribution in [2.75, 3.05) is 31.6 Å². The zero-order valence-corrected chi connectivity index (χ0v) is 13.9. The number of halogens is 1. The summed E-state index contributed by atoms with van der Waals surface area (Å²) in [6.07, 6.45) is 4.13. The standard InChI is InChI=1S/C15H25ClN4O/c1-11(2)9-20-15(21)14(16)13(8-18-20)19(3)10-12-5-4-6-17-7-12/h8,11-12,17H,4-7,9-10H2,1-3H3. The Bertz CT molecular complexity index is 523. The normalized spacial score (nSPS) is 19.0. The van der Waals surface area contributed by atoms with Gasteiger partial charge in [0.05, 0.1) is 11.9 Å². The largest absolute Gasteiger partial charge is 0.372 e. The molecule has 0 spiro atoms. The molecule has 1 atom stereocenters. The smallest absolute Gasteiger partial charge is 0.287 e. The summed E-state index contributed by atoms with van der Waals surface area (Å²) >= 11 is 6.26. The van der Waals surface area contributed by atoms with E-state index in [0.29, 0.717) is 18.4 Å². The van der Waals surface area contributed by atoms with Gasteiger partial charge in [-0.05, 0) is 37.8 Å². The van der Waals surface area contributed by atoms with Crippen LogP contribution in [0.2, 0.25) is 5.02 Å². The van der Waals surface area contributed by atoms with Crippen LogP contribution in [0.4, 0.5) is 5.69 Å². The molecule has 0 saturated carbocycles. The van der Waals surface area contributed by atoms with Crippen molar-refractivity contribution in [1.82, 2.24) is 15.1 Å². The molecule has 1 saturated heterocycles. The molecule has 1 aliphatic rings. The van der Waals surface area contributed by atoms with Gasteiger partial charge in [-0.3, -0.25) is 4.79 Å². The lowest BCUT2D eigenvalue weighted by atomic mass is 9.99. The Hall–Kier alpha value is -1.07. The monoisotopic (exact) mass is 312 g/mol. The number of piperidine rings is 1. The topological polar surface area (TPSA) is 50.2 Å². The first-order valence-corrected chi connectivity index (χ1v) is 8.04. The second-order valence-electron chi connectivity index (χ2n) is 6.32. The molecular weight excluding hydrogens is 288 g/mol. The van der Waals surface area contributed by atoms with E-state index in [1.807, 2.05) is 11.9 Å². The zero-order chi connectivity index (χ0) is 15.4. The number of nitrogens with one attached hydrogen (secondary N) is 1. The molecule has 1 N–H and O–H groups in total. The summed E-state index contributed by atoms with van der Waals surface area (Å²) in [4.78, 5) is 14.3. The maximum absolute atomic E-state index is 12.3. The Kier molecular flexibility index (Phi) is 5.65. The molecule has 0 aliphatic carbocycles. The third kappa shape index (κ3) is 4.20. The molecule has 1 unspecified atom stereocenters. The van der Waals surface area contributed by atoms with Crippen molar-refractivity contribution >= 4 is 17.3 Å². The third-order valence-electron chi connectivity index (χ3n) is 3.85. The van der Waals surface area contributed by atoms with Crippen LogP contribution in [0.1, 0.15) is 26.7 Å². The predicted molar refractivity (Wildman–Crippen MR) is 87.2 cm³/mol. The van der Waals surface area contributed by atoms with E-state index < -0.39 is 0 Å². The molecule has 0 bridgehead atoms. The number of aromatic nitrogens is 2. The minimum absolute atomic E-state index is 0.198. The van der Waals surface area contributed by atoms with Crippen molar-refractivity contribution in [3.8, 4) is 0 Å². The highest BCUT2D eigenvalue weighted by atomic mass is 35.5. The molecule has 118 valence electrons. The molecule has 0 amide bonds. The highest BCUT2D eigenvalue weighted by Crippen LogP contribution is 2.22. The first kappa shape index (κ1) is 16.3. The first-order valence-electron chi connectivity index (χ1n) is 7.66. The summed E-state index contributed by atoms with van der Waals surface area (Å²) < 4.78 is 1.45. The van der Waals surface area contributed by atoms with Gasteiger partial charge in [0.15, 0.2) is 0 Å². The highest BCUT2D eigenvalue weighted by Gasteiger charge is 2.18. The van der Waals surface area contributed by atoms with E-state index in [-0.39, 0.29) is 10.6 Å². The molecule has 0 aromatic carbocycles. The predicted octanol–water partition coefficient (Wildman–Crippen LogP) is 1.99. The lowest BCUT2D eigenvalue weighted by Gasteiger charge is -2.29. The van der Waals surface area contributed by atoms with Crippen molar-refractivity contribution in [1.29, 1.82) is 0 Å². The molecule has 2 rings (SSSR count). The van der Waals surface area contributed by atoms with E-state index in [1.54, 1.807) is 6.20 Å². The number of anilines is 1. The van der Waals surface area contributed by atoms with Gasteiger partial charge >= 0.3 is 0 Å². The van der Waals surface area contributed by atoms with E-state index in [4.69, 9.17) is 11.6 Å². The van der Waals surface area contributed by atoms with E-state index in [0.717, 1.165) is 25.3 Å². The Morgan fingerprint density at radius 3 is 2.95 bits per heavy atom. The Balaban J connectivity index is 2.12.